The summed E-state index contributed by atoms with van der Waals surface area (Å²) in [7, 11) is 3.83. The van der Waals surface area contributed by atoms with Crippen molar-refractivity contribution in [2.45, 2.75) is 13.0 Å². The van der Waals surface area contributed by atoms with E-state index in [2.05, 4.69) is 10.3 Å². The number of nitro benzene ring substituents is 1. The fraction of sp³-hybridized carbons (Fsp3) is 0.357. The highest BCUT2D eigenvalue weighted by Crippen LogP contribution is 2.32. The zero-order valence-electron chi connectivity index (χ0n) is 12.1. The number of nitro groups is 1. The van der Waals surface area contributed by atoms with Crippen LogP contribution >= 0.6 is 0 Å². The molecule has 1 aromatic carbocycles. The van der Waals surface area contributed by atoms with Crippen LogP contribution in [0, 0.1) is 15.9 Å². The Kier molecular flexibility index (Phi) is 4.32. The van der Waals surface area contributed by atoms with E-state index in [-0.39, 0.29) is 22.9 Å². The van der Waals surface area contributed by atoms with Crippen LogP contribution in [0.4, 0.5) is 15.8 Å². The fourth-order valence-corrected chi connectivity index (χ4v) is 2.32. The van der Waals surface area contributed by atoms with Crippen LogP contribution in [0.25, 0.3) is 10.9 Å². The molecule has 1 heterocycles. The molecule has 112 valence electrons. The summed E-state index contributed by atoms with van der Waals surface area (Å²) in [6, 6.07) is 4.08. The SMILES string of the molecule is CC(CN(C)C)Nc1c(F)cc([N+](=O)[O-])c2cccnc12. The van der Waals surface area contributed by atoms with Crippen LogP contribution in [0.5, 0.6) is 0 Å². The van der Waals surface area contributed by atoms with Gasteiger partial charge in [0.25, 0.3) is 5.69 Å². The lowest BCUT2D eigenvalue weighted by atomic mass is 10.1. The van der Waals surface area contributed by atoms with Crippen molar-refractivity contribution < 1.29 is 9.31 Å². The molecule has 2 aromatic rings. The minimum absolute atomic E-state index is 0.0267. The predicted molar refractivity (Wildman–Crippen MR) is 80.0 cm³/mol. The summed E-state index contributed by atoms with van der Waals surface area (Å²) in [5.74, 6) is -0.668. The third kappa shape index (κ3) is 3.25. The maximum Gasteiger partial charge on any atom is 0.281 e. The molecule has 6 nitrogen and oxygen atoms in total. The summed E-state index contributed by atoms with van der Waals surface area (Å²) in [5, 5.41) is 14.4. The molecule has 0 saturated carbocycles. The van der Waals surface area contributed by atoms with Crippen LogP contribution in [0.3, 0.4) is 0 Å². The Labute approximate surface area is 121 Å². The molecule has 0 radical (unpaired) electrons. The topological polar surface area (TPSA) is 71.3 Å². The van der Waals surface area contributed by atoms with Crippen LogP contribution in [-0.4, -0.2) is 41.5 Å². The van der Waals surface area contributed by atoms with Crippen molar-refractivity contribution in [1.29, 1.82) is 0 Å². The molecule has 0 spiro atoms. The number of rotatable bonds is 5. The van der Waals surface area contributed by atoms with E-state index < -0.39 is 10.7 Å². The first kappa shape index (κ1) is 15.1. The van der Waals surface area contributed by atoms with Crippen molar-refractivity contribution in [3.05, 3.63) is 40.3 Å². The first-order valence-corrected chi connectivity index (χ1v) is 6.53. The molecule has 1 atom stereocenters. The first-order chi connectivity index (χ1) is 9.90. The molecule has 0 aliphatic rings. The lowest BCUT2D eigenvalue weighted by Gasteiger charge is -2.20. The molecule has 1 unspecified atom stereocenters. The third-order valence-electron chi connectivity index (χ3n) is 3.05. The van der Waals surface area contributed by atoms with Gasteiger partial charge in [0.05, 0.1) is 22.1 Å². The first-order valence-electron chi connectivity index (χ1n) is 6.53. The number of pyridine rings is 1. The molecular weight excluding hydrogens is 275 g/mol. The summed E-state index contributed by atoms with van der Waals surface area (Å²) in [6.45, 7) is 2.61. The van der Waals surface area contributed by atoms with Crippen molar-refractivity contribution in [3.63, 3.8) is 0 Å². The highest BCUT2D eigenvalue weighted by atomic mass is 19.1. The largest absolute Gasteiger partial charge is 0.377 e. The van der Waals surface area contributed by atoms with E-state index >= 15 is 0 Å². The number of benzene rings is 1. The average molecular weight is 292 g/mol. The summed E-state index contributed by atoms with van der Waals surface area (Å²) in [4.78, 5) is 16.5. The van der Waals surface area contributed by atoms with Crippen molar-refractivity contribution in [2.75, 3.05) is 26.0 Å². The normalized spacial score (nSPS) is 12.6. The van der Waals surface area contributed by atoms with E-state index in [0.717, 1.165) is 6.07 Å². The molecule has 7 heteroatoms. The number of anilines is 1. The molecule has 1 aromatic heterocycles. The predicted octanol–water partition coefficient (Wildman–Crippen LogP) is 2.64. The average Bonchev–Trinajstić information content (AvgIpc) is 2.40. The Bertz CT molecular complexity index is 675. The molecular formula is C14H17FN4O2. The van der Waals surface area contributed by atoms with Gasteiger partial charge in [-0.1, -0.05) is 0 Å². The number of hydrogen-bond acceptors (Lipinski definition) is 5. The van der Waals surface area contributed by atoms with Crippen LogP contribution in [0.15, 0.2) is 24.4 Å². The maximum atomic E-state index is 14.2. The lowest BCUT2D eigenvalue weighted by Crippen LogP contribution is -2.30. The maximum absolute atomic E-state index is 14.2. The molecule has 0 aliphatic heterocycles. The van der Waals surface area contributed by atoms with Gasteiger partial charge in [-0.2, -0.15) is 0 Å². The second-order valence-corrected chi connectivity index (χ2v) is 5.22. The van der Waals surface area contributed by atoms with Gasteiger partial charge < -0.3 is 10.2 Å². The number of likely N-dealkylation sites (N-methyl/N-ethyl adjacent to an activating group) is 1. The summed E-state index contributed by atoms with van der Waals surface area (Å²) in [6.07, 6.45) is 1.49. The lowest BCUT2D eigenvalue weighted by molar-refractivity contribution is -0.383. The van der Waals surface area contributed by atoms with Gasteiger partial charge in [-0.15, -0.1) is 0 Å². The van der Waals surface area contributed by atoms with E-state index in [1.807, 2.05) is 25.9 Å². The van der Waals surface area contributed by atoms with Gasteiger partial charge in [-0.05, 0) is 33.2 Å². The van der Waals surface area contributed by atoms with Crippen LogP contribution in [-0.2, 0) is 0 Å². The highest BCUT2D eigenvalue weighted by Gasteiger charge is 2.20. The zero-order valence-corrected chi connectivity index (χ0v) is 12.1. The highest BCUT2D eigenvalue weighted by molar-refractivity contribution is 5.97. The number of hydrogen-bond donors (Lipinski definition) is 1. The van der Waals surface area contributed by atoms with Gasteiger partial charge in [0.1, 0.15) is 5.52 Å². The number of non-ortho nitro benzene ring substituents is 1. The summed E-state index contributed by atoms with van der Waals surface area (Å²) < 4.78 is 14.2. The Morgan fingerprint density at radius 2 is 2.24 bits per heavy atom. The third-order valence-corrected chi connectivity index (χ3v) is 3.05. The number of nitrogens with zero attached hydrogens (tertiary/aromatic N) is 3. The summed E-state index contributed by atoms with van der Waals surface area (Å²) >= 11 is 0. The Balaban J connectivity index is 2.52. The molecule has 0 fully saturated rings. The monoisotopic (exact) mass is 292 g/mol. The van der Waals surface area contributed by atoms with E-state index in [4.69, 9.17) is 0 Å². The van der Waals surface area contributed by atoms with Crippen molar-refractivity contribution in [1.82, 2.24) is 9.88 Å². The van der Waals surface area contributed by atoms with Gasteiger partial charge in [-0.3, -0.25) is 15.1 Å². The van der Waals surface area contributed by atoms with Crippen LogP contribution in [0.2, 0.25) is 0 Å². The van der Waals surface area contributed by atoms with Crippen molar-refractivity contribution in [3.8, 4) is 0 Å². The minimum atomic E-state index is -0.668. The molecule has 1 N–H and O–H groups in total. The second-order valence-electron chi connectivity index (χ2n) is 5.22. The molecule has 0 aliphatic carbocycles. The number of fused-ring (bicyclic) bond motifs is 1. The Morgan fingerprint density at radius 1 is 1.52 bits per heavy atom. The van der Waals surface area contributed by atoms with E-state index in [0.29, 0.717) is 11.9 Å². The van der Waals surface area contributed by atoms with Gasteiger partial charge in [0.15, 0.2) is 5.82 Å². The van der Waals surface area contributed by atoms with E-state index in [1.54, 1.807) is 12.1 Å². The van der Waals surface area contributed by atoms with Crippen LogP contribution < -0.4 is 5.32 Å². The molecule has 2 rings (SSSR count). The molecule has 0 saturated heterocycles. The quantitative estimate of drug-likeness (QED) is 0.677. The Hall–Kier alpha value is -2.28. The number of nitrogens with one attached hydrogen (secondary N) is 1. The van der Waals surface area contributed by atoms with Crippen molar-refractivity contribution in [2.24, 2.45) is 0 Å². The standard InChI is InChI=1S/C14H17FN4O2/c1-9(8-18(2)3)17-14-11(15)7-12(19(20)21)10-5-4-6-16-13(10)14/h4-7,9,17H,8H2,1-3H3. The smallest absolute Gasteiger partial charge is 0.281 e. The molecule has 21 heavy (non-hydrogen) atoms. The summed E-state index contributed by atoms with van der Waals surface area (Å²) in [5.41, 5.74) is 0.196. The molecule has 0 amide bonds. The van der Waals surface area contributed by atoms with Gasteiger partial charge in [0, 0.05) is 18.8 Å². The zero-order chi connectivity index (χ0) is 15.6. The molecule has 0 bridgehead atoms. The van der Waals surface area contributed by atoms with Gasteiger partial charge >= 0.3 is 0 Å². The van der Waals surface area contributed by atoms with Crippen LogP contribution in [0.1, 0.15) is 6.92 Å². The van der Waals surface area contributed by atoms with E-state index in [1.165, 1.54) is 6.20 Å². The fourth-order valence-electron chi connectivity index (χ4n) is 2.32. The second kappa shape index (κ2) is 6.01. The minimum Gasteiger partial charge on any atom is -0.377 e. The van der Waals surface area contributed by atoms with Gasteiger partial charge in [-0.25, -0.2) is 4.39 Å². The Morgan fingerprint density at radius 3 is 2.86 bits per heavy atom. The number of aromatic nitrogens is 1. The van der Waals surface area contributed by atoms with Gasteiger partial charge in [0.2, 0.25) is 0 Å². The number of halogens is 1. The van der Waals surface area contributed by atoms with E-state index in [9.17, 15) is 14.5 Å². The van der Waals surface area contributed by atoms with Crippen molar-refractivity contribution >= 4 is 22.3 Å².